The smallest absolute Gasteiger partial charge is 0.297 e. The number of rotatable bonds is 3. The summed E-state index contributed by atoms with van der Waals surface area (Å²) in [6.45, 7) is 4.59. The molecule has 5 heteroatoms. The average Bonchev–Trinajstić information content (AvgIpc) is 2.89. The second-order valence-electron chi connectivity index (χ2n) is 7.75. The molecule has 26 heavy (non-hydrogen) atoms. The lowest BCUT2D eigenvalue weighted by molar-refractivity contribution is -0.938. The van der Waals surface area contributed by atoms with Gasteiger partial charge in [0.15, 0.2) is 5.69 Å². The molecule has 1 aromatic heterocycles. The number of aromatic nitrogens is 2. The summed E-state index contributed by atoms with van der Waals surface area (Å²) in [6.07, 6.45) is 8.56. The van der Waals surface area contributed by atoms with E-state index in [1.165, 1.54) is 45.2 Å². The number of fused-ring (bicyclic) bond motifs is 1. The molecule has 0 spiro atoms. The van der Waals surface area contributed by atoms with Crippen LogP contribution in [-0.4, -0.2) is 34.7 Å². The number of nitrogens with zero attached hydrogens (tertiary/aromatic N) is 3. The molecule has 1 N–H and O–H groups in total. The molecule has 5 nitrogen and oxygen atoms in total. The van der Waals surface area contributed by atoms with E-state index in [2.05, 4.69) is 6.21 Å². The van der Waals surface area contributed by atoms with E-state index in [1.807, 2.05) is 49.0 Å². The third kappa shape index (κ3) is 3.05. The highest BCUT2D eigenvalue weighted by atomic mass is 16.1. The summed E-state index contributed by atoms with van der Waals surface area (Å²) < 4.78 is 3.62. The van der Waals surface area contributed by atoms with Gasteiger partial charge in [-0.1, -0.05) is 18.2 Å². The standard InChI is InChI=1S/C21H28N4O/c1-16-20(21(26)25(23(16)2)18-10-4-3-5-11-18)22-15-17-9-8-14-24-13-7-6-12-19(17)24/h3-5,10-11,15,17,19H,6-9,12-14H2,1-2H3/p+1/t17-,19+/m1/s1. The molecule has 2 aromatic rings. The highest BCUT2D eigenvalue weighted by Crippen LogP contribution is 2.21. The first kappa shape index (κ1) is 17.3. The van der Waals surface area contributed by atoms with Crippen molar-refractivity contribution in [2.75, 3.05) is 13.1 Å². The van der Waals surface area contributed by atoms with Crippen LogP contribution in [0.3, 0.4) is 0 Å². The Morgan fingerprint density at radius 1 is 1.12 bits per heavy atom. The summed E-state index contributed by atoms with van der Waals surface area (Å²) in [7, 11) is 1.93. The molecule has 2 saturated heterocycles. The maximum atomic E-state index is 13.0. The predicted octanol–water partition coefficient (Wildman–Crippen LogP) is 2.03. The van der Waals surface area contributed by atoms with Crippen molar-refractivity contribution in [3.05, 3.63) is 46.4 Å². The minimum atomic E-state index is -0.0314. The van der Waals surface area contributed by atoms with Crippen molar-refractivity contribution in [2.45, 2.75) is 45.1 Å². The van der Waals surface area contributed by atoms with Crippen LogP contribution >= 0.6 is 0 Å². The zero-order valence-electron chi connectivity index (χ0n) is 15.8. The zero-order chi connectivity index (χ0) is 18.1. The number of nitrogens with one attached hydrogen (secondary N) is 1. The Balaban J connectivity index is 1.64. The van der Waals surface area contributed by atoms with Crippen LogP contribution in [-0.2, 0) is 7.05 Å². The van der Waals surface area contributed by atoms with Gasteiger partial charge in [-0.05, 0) is 44.7 Å². The van der Waals surface area contributed by atoms with Crippen molar-refractivity contribution in [1.82, 2.24) is 9.36 Å². The highest BCUT2D eigenvalue weighted by Gasteiger charge is 2.35. The molecule has 0 amide bonds. The van der Waals surface area contributed by atoms with Gasteiger partial charge in [-0.25, -0.2) is 4.68 Å². The number of benzene rings is 1. The molecule has 0 aliphatic carbocycles. The van der Waals surface area contributed by atoms with E-state index in [9.17, 15) is 4.79 Å². The molecule has 2 fully saturated rings. The van der Waals surface area contributed by atoms with Crippen LogP contribution in [0.15, 0.2) is 40.1 Å². The summed E-state index contributed by atoms with van der Waals surface area (Å²) in [4.78, 5) is 19.5. The van der Waals surface area contributed by atoms with Crippen LogP contribution in [0.25, 0.3) is 5.69 Å². The van der Waals surface area contributed by atoms with E-state index >= 15 is 0 Å². The number of piperidine rings is 2. The SMILES string of the molecule is Cc1c(N=C[C@H]2CCC[NH+]3CCCC[C@@H]23)c(=O)n(-c2ccccc2)n1C. The van der Waals surface area contributed by atoms with Crippen LogP contribution < -0.4 is 10.5 Å². The third-order valence-electron chi connectivity index (χ3n) is 6.26. The van der Waals surface area contributed by atoms with E-state index < -0.39 is 0 Å². The fraction of sp³-hybridized carbons (Fsp3) is 0.524. The molecular weight excluding hydrogens is 324 g/mol. The van der Waals surface area contributed by atoms with Gasteiger partial charge in [0.05, 0.1) is 30.5 Å². The molecule has 1 aromatic carbocycles. The maximum Gasteiger partial charge on any atom is 0.297 e. The summed E-state index contributed by atoms with van der Waals surface area (Å²) >= 11 is 0. The Labute approximate surface area is 154 Å². The molecule has 3 heterocycles. The van der Waals surface area contributed by atoms with Crippen molar-refractivity contribution >= 4 is 11.9 Å². The summed E-state index contributed by atoms with van der Waals surface area (Å²) in [6, 6.07) is 10.5. The molecule has 0 radical (unpaired) electrons. The Morgan fingerprint density at radius 3 is 2.69 bits per heavy atom. The van der Waals surface area contributed by atoms with Gasteiger partial charge in [0, 0.05) is 25.6 Å². The van der Waals surface area contributed by atoms with Gasteiger partial charge in [0.2, 0.25) is 0 Å². The Hall–Kier alpha value is -2.14. The fourth-order valence-electron chi connectivity index (χ4n) is 4.75. The van der Waals surface area contributed by atoms with E-state index in [0.29, 0.717) is 17.6 Å². The highest BCUT2D eigenvalue weighted by molar-refractivity contribution is 5.67. The molecule has 4 rings (SSSR count). The monoisotopic (exact) mass is 353 g/mol. The summed E-state index contributed by atoms with van der Waals surface area (Å²) in [5.41, 5.74) is 2.35. The number of hydrogen-bond donors (Lipinski definition) is 1. The molecule has 3 atom stereocenters. The van der Waals surface area contributed by atoms with Crippen molar-refractivity contribution in [1.29, 1.82) is 0 Å². The van der Waals surface area contributed by atoms with E-state index in [0.717, 1.165) is 11.4 Å². The maximum absolute atomic E-state index is 13.0. The molecule has 2 aliphatic heterocycles. The largest absolute Gasteiger partial charge is 0.332 e. The lowest BCUT2D eigenvalue weighted by atomic mass is 9.84. The molecular formula is C21H29N4O+. The number of quaternary nitrogens is 1. The summed E-state index contributed by atoms with van der Waals surface area (Å²) in [5, 5.41) is 0. The van der Waals surface area contributed by atoms with Crippen LogP contribution in [0.2, 0.25) is 0 Å². The quantitative estimate of drug-likeness (QED) is 0.843. The van der Waals surface area contributed by atoms with Gasteiger partial charge in [0.1, 0.15) is 0 Å². The minimum Gasteiger partial charge on any atom is -0.332 e. The van der Waals surface area contributed by atoms with Crippen molar-refractivity contribution in [2.24, 2.45) is 18.0 Å². The first-order valence-electron chi connectivity index (χ1n) is 9.89. The van der Waals surface area contributed by atoms with Gasteiger partial charge >= 0.3 is 0 Å². The lowest BCUT2D eigenvalue weighted by Crippen LogP contribution is -3.18. The van der Waals surface area contributed by atoms with Gasteiger partial charge in [-0.2, -0.15) is 0 Å². The Morgan fingerprint density at radius 2 is 1.88 bits per heavy atom. The van der Waals surface area contributed by atoms with Gasteiger partial charge in [-0.3, -0.25) is 14.5 Å². The Bertz CT molecular complexity index is 847. The van der Waals surface area contributed by atoms with Crippen LogP contribution in [0.1, 0.15) is 37.8 Å². The molecule has 2 aliphatic rings. The van der Waals surface area contributed by atoms with E-state index in [1.54, 1.807) is 9.58 Å². The molecule has 0 saturated carbocycles. The molecule has 0 bridgehead atoms. The van der Waals surface area contributed by atoms with E-state index in [-0.39, 0.29) is 5.56 Å². The van der Waals surface area contributed by atoms with Gasteiger partial charge < -0.3 is 4.90 Å². The van der Waals surface area contributed by atoms with Crippen molar-refractivity contribution in [3.63, 3.8) is 0 Å². The molecule has 1 unspecified atom stereocenters. The van der Waals surface area contributed by atoms with Crippen LogP contribution in [0, 0.1) is 12.8 Å². The van der Waals surface area contributed by atoms with Crippen LogP contribution in [0.4, 0.5) is 5.69 Å². The summed E-state index contributed by atoms with van der Waals surface area (Å²) in [5.74, 6) is 0.503. The average molecular weight is 353 g/mol. The van der Waals surface area contributed by atoms with Gasteiger partial charge in [-0.15, -0.1) is 0 Å². The van der Waals surface area contributed by atoms with Crippen LogP contribution in [0.5, 0.6) is 0 Å². The Kier molecular flexibility index (Phi) is 4.81. The van der Waals surface area contributed by atoms with E-state index in [4.69, 9.17) is 4.99 Å². The lowest BCUT2D eigenvalue weighted by Gasteiger charge is -2.39. The first-order chi connectivity index (χ1) is 12.7. The predicted molar refractivity (Wildman–Crippen MR) is 105 cm³/mol. The fourth-order valence-corrected chi connectivity index (χ4v) is 4.75. The first-order valence-corrected chi connectivity index (χ1v) is 9.89. The normalized spacial score (nSPS) is 26.2. The minimum absolute atomic E-state index is 0.0314. The second kappa shape index (κ2) is 7.23. The van der Waals surface area contributed by atoms with Crippen molar-refractivity contribution < 1.29 is 4.90 Å². The number of aliphatic imine (C=N–C) groups is 1. The third-order valence-corrected chi connectivity index (χ3v) is 6.26. The topological polar surface area (TPSA) is 43.7 Å². The zero-order valence-corrected chi connectivity index (χ0v) is 15.8. The van der Waals surface area contributed by atoms with Gasteiger partial charge in [0.25, 0.3) is 5.56 Å². The number of hydrogen-bond acceptors (Lipinski definition) is 2. The number of para-hydroxylation sites is 1. The second-order valence-corrected chi connectivity index (χ2v) is 7.75. The van der Waals surface area contributed by atoms with Crippen molar-refractivity contribution in [3.8, 4) is 5.69 Å². The molecule has 138 valence electrons.